The van der Waals surface area contributed by atoms with Crippen molar-refractivity contribution in [3.63, 3.8) is 0 Å². The van der Waals surface area contributed by atoms with E-state index in [0.29, 0.717) is 0 Å². The van der Waals surface area contributed by atoms with E-state index in [1.165, 1.54) is 17.2 Å². The Bertz CT molecular complexity index is 260. The predicted molar refractivity (Wildman–Crippen MR) is 47.6 cm³/mol. The van der Waals surface area contributed by atoms with Crippen LogP contribution in [0.15, 0.2) is 24.3 Å². The Kier molecular flexibility index (Phi) is 3.60. The monoisotopic (exact) mass is 235 g/mol. The predicted octanol–water partition coefficient (Wildman–Crippen LogP) is 2.44. The van der Waals surface area contributed by atoms with Crippen LogP contribution in [0.4, 0.5) is 5.69 Å². The fraction of sp³-hybridized carbons (Fsp3) is 0.300. The van der Waals surface area contributed by atoms with Crippen molar-refractivity contribution in [2.45, 2.75) is 13.3 Å². The van der Waals surface area contributed by atoms with E-state index in [9.17, 15) is 0 Å². The Balaban J connectivity index is 0.000000720. The fourth-order valence-corrected chi connectivity index (χ4v) is 1.56. The number of hydrogen-bond donors (Lipinski definition) is 1. The van der Waals surface area contributed by atoms with Gasteiger partial charge in [0, 0.05) is 32.7 Å². The van der Waals surface area contributed by atoms with Crippen LogP contribution < -0.4 is 5.32 Å². The molecule has 1 nitrogen and oxygen atoms in total. The van der Waals surface area contributed by atoms with Crippen molar-refractivity contribution in [1.29, 1.82) is 0 Å². The van der Waals surface area contributed by atoms with Crippen molar-refractivity contribution in [3.8, 4) is 0 Å². The van der Waals surface area contributed by atoms with Crippen LogP contribution in [0.2, 0.25) is 0 Å². The van der Waals surface area contributed by atoms with E-state index in [4.69, 9.17) is 0 Å². The molecule has 0 unspecified atom stereocenters. The van der Waals surface area contributed by atoms with Crippen LogP contribution in [0.5, 0.6) is 0 Å². The van der Waals surface area contributed by atoms with Gasteiger partial charge in [-0.3, -0.25) is 0 Å². The first-order valence-corrected chi connectivity index (χ1v) is 4.10. The molecule has 1 aliphatic rings. The van der Waals surface area contributed by atoms with Crippen LogP contribution in [0.25, 0.3) is 0 Å². The molecular weight excluding hydrogens is 223 g/mol. The SMILES string of the molecule is CC[C-]1CNc2ccccc21.[Y]. The van der Waals surface area contributed by atoms with Gasteiger partial charge >= 0.3 is 0 Å². The Hall–Kier alpha value is -0.00610. The van der Waals surface area contributed by atoms with Gasteiger partial charge in [-0.2, -0.15) is 17.5 Å². The molecule has 0 fully saturated rings. The van der Waals surface area contributed by atoms with Gasteiger partial charge in [-0.05, 0) is 6.54 Å². The molecule has 1 aromatic carbocycles. The molecule has 1 N–H and O–H groups in total. The van der Waals surface area contributed by atoms with Crippen molar-refractivity contribution in [2.75, 3.05) is 11.9 Å². The number of para-hydroxylation sites is 1. The summed E-state index contributed by atoms with van der Waals surface area (Å²) >= 11 is 0. The van der Waals surface area contributed by atoms with Gasteiger partial charge in [0.1, 0.15) is 0 Å². The number of rotatable bonds is 1. The first-order valence-electron chi connectivity index (χ1n) is 4.10. The molecule has 1 aromatic rings. The van der Waals surface area contributed by atoms with Gasteiger partial charge in [-0.1, -0.05) is 31.2 Å². The average molecular weight is 235 g/mol. The summed E-state index contributed by atoms with van der Waals surface area (Å²) in [7, 11) is 0. The summed E-state index contributed by atoms with van der Waals surface area (Å²) in [6.45, 7) is 3.24. The zero-order valence-corrected chi connectivity index (χ0v) is 10.1. The minimum atomic E-state index is 0. The summed E-state index contributed by atoms with van der Waals surface area (Å²) in [4.78, 5) is 0. The van der Waals surface area contributed by atoms with Gasteiger partial charge in [0.15, 0.2) is 0 Å². The molecule has 0 spiro atoms. The summed E-state index contributed by atoms with van der Waals surface area (Å²) in [6.07, 6.45) is 1.16. The molecule has 61 valence electrons. The summed E-state index contributed by atoms with van der Waals surface area (Å²) in [5.41, 5.74) is 2.71. The normalized spacial score (nSPS) is 13.2. The van der Waals surface area contributed by atoms with Crippen LogP contribution in [-0.2, 0) is 32.7 Å². The molecule has 1 heterocycles. The third kappa shape index (κ3) is 1.67. The van der Waals surface area contributed by atoms with Crippen LogP contribution in [-0.4, -0.2) is 6.54 Å². The van der Waals surface area contributed by atoms with E-state index in [1.54, 1.807) is 0 Å². The van der Waals surface area contributed by atoms with Crippen molar-refractivity contribution >= 4 is 5.69 Å². The Morgan fingerprint density at radius 3 is 2.92 bits per heavy atom. The first kappa shape index (κ1) is 10.1. The molecule has 12 heavy (non-hydrogen) atoms. The summed E-state index contributed by atoms with van der Waals surface area (Å²) in [6, 6.07) is 8.50. The van der Waals surface area contributed by atoms with Crippen LogP contribution in [0, 0.1) is 5.92 Å². The van der Waals surface area contributed by atoms with Gasteiger partial charge in [-0.15, -0.1) is 6.07 Å². The average Bonchev–Trinajstić information content (AvgIpc) is 2.47. The smallest absolute Gasteiger partial charge is 0 e. The standard InChI is InChI=1S/C10H12N.Y/c1-2-8-7-11-10-6-4-3-5-9(8)10;/h3-6,11H,2,7H2,1H3;/q-1;. The number of nitrogens with one attached hydrogen (secondary N) is 1. The van der Waals surface area contributed by atoms with Gasteiger partial charge in [0.05, 0.1) is 0 Å². The van der Waals surface area contributed by atoms with Gasteiger partial charge in [0.25, 0.3) is 0 Å². The molecule has 2 heteroatoms. The maximum Gasteiger partial charge on any atom is 0 e. The third-order valence-corrected chi connectivity index (χ3v) is 2.23. The number of fused-ring (bicyclic) bond motifs is 1. The Morgan fingerprint density at radius 1 is 1.42 bits per heavy atom. The van der Waals surface area contributed by atoms with Crippen LogP contribution in [0.3, 0.4) is 0 Å². The number of benzene rings is 1. The molecule has 0 bridgehead atoms. The van der Waals surface area contributed by atoms with E-state index in [1.807, 2.05) is 0 Å². The number of hydrogen-bond acceptors (Lipinski definition) is 1. The topological polar surface area (TPSA) is 12.0 Å². The van der Waals surface area contributed by atoms with Crippen LogP contribution >= 0.6 is 0 Å². The Morgan fingerprint density at radius 2 is 2.17 bits per heavy atom. The second-order valence-electron chi connectivity index (χ2n) is 2.86. The second kappa shape index (κ2) is 4.29. The summed E-state index contributed by atoms with van der Waals surface area (Å²) < 4.78 is 0. The van der Waals surface area contributed by atoms with Gasteiger partial charge < -0.3 is 5.32 Å². The molecule has 0 aromatic heterocycles. The van der Waals surface area contributed by atoms with E-state index in [-0.39, 0.29) is 32.7 Å². The van der Waals surface area contributed by atoms with Crippen molar-refractivity contribution in [3.05, 3.63) is 35.7 Å². The maximum absolute atomic E-state index is 3.36. The molecule has 0 amide bonds. The van der Waals surface area contributed by atoms with Gasteiger partial charge in [0.2, 0.25) is 0 Å². The maximum atomic E-state index is 3.36. The number of anilines is 1. The molecule has 0 aliphatic carbocycles. The van der Waals surface area contributed by atoms with Crippen molar-refractivity contribution in [1.82, 2.24) is 0 Å². The second-order valence-corrected chi connectivity index (χ2v) is 2.86. The quantitative estimate of drug-likeness (QED) is 0.737. The van der Waals surface area contributed by atoms with Crippen LogP contribution in [0.1, 0.15) is 18.9 Å². The van der Waals surface area contributed by atoms with E-state index in [2.05, 4.69) is 36.5 Å². The summed E-state index contributed by atoms with van der Waals surface area (Å²) in [5.74, 6) is 1.53. The summed E-state index contributed by atoms with van der Waals surface area (Å²) in [5, 5.41) is 3.36. The zero-order valence-electron chi connectivity index (χ0n) is 7.30. The molecular formula is C10H12NY-. The fourth-order valence-electron chi connectivity index (χ4n) is 1.56. The van der Waals surface area contributed by atoms with E-state index in [0.717, 1.165) is 13.0 Å². The minimum Gasteiger partial charge on any atom is -0.442 e. The minimum absolute atomic E-state index is 0. The molecule has 0 atom stereocenters. The molecule has 0 saturated heterocycles. The zero-order chi connectivity index (χ0) is 7.68. The van der Waals surface area contributed by atoms with Gasteiger partial charge in [-0.25, -0.2) is 0 Å². The first-order chi connectivity index (χ1) is 5.42. The third-order valence-electron chi connectivity index (χ3n) is 2.23. The molecule has 0 saturated carbocycles. The van der Waals surface area contributed by atoms with E-state index < -0.39 is 0 Å². The molecule has 2 rings (SSSR count). The van der Waals surface area contributed by atoms with Crippen molar-refractivity contribution in [2.24, 2.45) is 0 Å². The Labute approximate surface area is 98.8 Å². The molecule has 1 aliphatic heterocycles. The van der Waals surface area contributed by atoms with Crippen molar-refractivity contribution < 1.29 is 32.7 Å². The molecule has 1 radical (unpaired) electrons. The largest absolute Gasteiger partial charge is 0.442 e. The van der Waals surface area contributed by atoms with E-state index >= 15 is 0 Å².